The molecule has 0 aromatic carbocycles. The first-order chi connectivity index (χ1) is 9.24. The van der Waals surface area contributed by atoms with Gasteiger partial charge in [-0.1, -0.05) is 0 Å². The van der Waals surface area contributed by atoms with Crippen LogP contribution in [0.25, 0.3) is 0 Å². The third kappa shape index (κ3) is 2.41. The van der Waals surface area contributed by atoms with E-state index in [2.05, 4.69) is 9.39 Å². The van der Waals surface area contributed by atoms with E-state index in [1.54, 1.807) is 18.7 Å². The van der Waals surface area contributed by atoms with Crippen molar-refractivity contribution in [2.75, 3.05) is 13.1 Å². The molecule has 7 heteroatoms. The van der Waals surface area contributed by atoms with Crippen LogP contribution in [0.4, 0.5) is 4.79 Å². The minimum Gasteiger partial charge on any atom is -0.467 e. The quantitative estimate of drug-likeness (QED) is 0.689. The molecule has 3 heterocycles. The Hall–Kier alpha value is -2.02. The topological polar surface area (TPSA) is 74.5 Å². The summed E-state index contributed by atoms with van der Waals surface area (Å²) in [6, 6.07) is 0. The Bertz CT molecular complexity index is 575. The van der Waals surface area contributed by atoms with Crippen LogP contribution in [0.15, 0.2) is 44.2 Å². The fourth-order valence-electron chi connectivity index (χ4n) is 1.89. The summed E-state index contributed by atoms with van der Waals surface area (Å²) in [5.41, 5.74) is 1.86. The highest BCUT2D eigenvalue weighted by Crippen LogP contribution is 2.31. The number of hydrogen-bond donors (Lipinski definition) is 1. The highest BCUT2D eigenvalue weighted by molar-refractivity contribution is 8.02. The average molecular weight is 277 g/mol. The summed E-state index contributed by atoms with van der Waals surface area (Å²) < 4.78 is 9.91. The van der Waals surface area contributed by atoms with E-state index in [9.17, 15) is 4.79 Å². The van der Waals surface area contributed by atoms with Gasteiger partial charge >= 0.3 is 6.09 Å². The van der Waals surface area contributed by atoms with Crippen LogP contribution in [0.3, 0.4) is 0 Å². The summed E-state index contributed by atoms with van der Waals surface area (Å²) in [5, 5.41) is 9.01. The van der Waals surface area contributed by atoms with Crippen LogP contribution in [-0.2, 0) is 4.74 Å². The summed E-state index contributed by atoms with van der Waals surface area (Å²) in [5.74, 6) is 0.648. The lowest BCUT2D eigenvalue weighted by atomic mass is 10.1. The molecule has 19 heavy (non-hydrogen) atoms. The van der Waals surface area contributed by atoms with Crippen LogP contribution < -0.4 is 0 Å². The molecule has 1 N–H and O–H groups in total. The fraction of sp³-hybridized carbons (Fsp3) is 0.250. The van der Waals surface area contributed by atoms with Crippen LogP contribution in [0.5, 0.6) is 0 Å². The van der Waals surface area contributed by atoms with Gasteiger partial charge in [-0.25, -0.2) is 9.19 Å². The highest BCUT2D eigenvalue weighted by Gasteiger charge is 2.27. The van der Waals surface area contributed by atoms with Gasteiger partial charge < -0.3 is 9.84 Å². The lowest BCUT2D eigenvalue weighted by molar-refractivity contribution is 0.153. The molecule has 0 aromatic heterocycles. The minimum atomic E-state index is -0.953. The molecule has 0 aromatic rings. The molecule has 3 aliphatic heterocycles. The van der Waals surface area contributed by atoms with Crippen molar-refractivity contribution in [3.8, 4) is 0 Å². The maximum atomic E-state index is 11.0. The molecule has 0 aliphatic carbocycles. The Labute approximate surface area is 114 Å². The van der Waals surface area contributed by atoms with Crippen LogP contribution in [0.1, 0.15) is 6.42 Å². The Morgan fingerprint density at radius 1 is 1.47 bits per heavy atom. The maximum Gasteiger partial charge on any atom is 0.408 e. The standard InChI is InChI=1S/C12H11N3O3S/c16-12(17)15-6-10-11(7-15)19-14-9-5-13-4-8(9)2-1-3-18-10/h1,3-5H,2,6-7H2,(H,16,17). The van der Waals surface area contributed by atoms with Gasteiger partial charge in [0.2, 0.25) is 0 Å². The van der Waals surface area contributed by atoms with Crippen LogP contribution >= 0.6 is 11.9 Å². The Morgan fingerprint density at radius 3 is 3.21 bits per heavy atom. The van der Waals surface area contributed by atoms with Crippen molar-refractivity contribution >= 4 is 30.0 Å². The van der Waals surface area contributed by atoms with Gasteiger partial charge in [-0.05, 0) is 12.5 Å². The molecule has 3 aliphatic rings. The Balaban J connectivity index is 1.85. The molecule has 0 bridgehead atoms. The first-order valence-corrected chi connectivity index (χ1v) is 6.50. The van der Waals surface area contributed by atoms with E-state index in [4.69, 9.17) is 9.84 Å². The molecule has 6 nitrogen and oxygen atoms in total. The summed E-state index contributed by atoms with van der Waals surface area (Å²) in [4.78, 5) is 17.2. The molecule has 0 fully saturated rings. The number of ether oxygens (including phenoxy) is 1. The number of nitrogens with zero attached hydrogens (tertiary/aromatic N) is 3. The van der Waals surface area contributed by atoms with Gasteiger partial charge in [0.25, 0.3) is 0 Å². The van der Waals surface area contributed by atoms with Crippen LogP contribution in [0, 0.1) is 0 Å². The van der Waals surface area contributed by atoms with Crippen LogP contribution in [-0.4, -0.2) is 41.1 Å². The number of carbonyl (C=O) groups is 1. The monoisotopic (exact) mass is 277 g/mol. The van der Waals surface area contributed by atoms with Crippen molar-refractivity contribution in [2.45, 2.75) is 6.42 Å². The summed E-state index contributed by atoms with van der Waals surface area (Å²) in [7, 11) is 0. The van der Waals surface area contributed by atoms with E-state index in [-0.39, 0.29) is 6.54 Å². The molecule has 0 unspecified atom stereocenters. The zero-order valence-corrected chi connectivity index (χ0v) is 10.8. The maximum absolute atomic E-state index is 11.0. The fourth-order valence-corrected chi connectivity index (χ4v) is 2.69. The third-order valence-corrected chi connectivity index (χ3v) is 3.77. The first kappa shape index (κ1) is 12.0. The van der Waals surface area contributed by atoms with Gasteiger partial charge in [0.1, 0.15) is 5.76 Å². The van der Waals surface area contributed by atoms with Gasteiger partial charge in [-0.15, -0.1) is 0 Å². The number of hydrogen-bond acceptors (Lipinski definition) is 5. The first-order valence-electron chi connectivity index (χ1n) is 5.73. The lowest BCUT2D eigenvalue weighted by Crippen LogP contribution is -2.27. The normalized spacial score (nSPS) is 21.6. The number of fused-ring (bicyclic) bond motifs is 1. The van der Waals surface area contributed by atoms with Crippen LogP contribution in [0.2, 0.25) is 0 Å². The number of aliphatic imine (C=N–C) groups is 1. The number of rotatable bonds is 0. The van der Waals surface area contributed by atoms with Crippen molar-refractivity contribution < 1.29 is 14.6 Å². The lowest BCUT2D eigenvalue weighted by Gasteiger charge is -2.10. The van der Waals surface area contributed by atoms with E-state index in [0.717, 1.165) is 16.2 Å². The number of carboxylic acid groups (broad SMARTS) is 1. The van der Waals surface area contributed by atoms with Gasteiger partial charge in [0.05, 0.1) is 36.2 Å². The zero-order chi connectivity index (χ0) is 13.2. The van der Waals surface area contributed by atoms with Crippen molar-refractivity contribution in [3.63, 3.8) is 0 Å². The molecule has 3 rings (SSSR count). The molecule has 1 amide bonds. The smallest absolute Gasteiger partial charge is 0.408 e. The van der Waals surface area contributed by atoms with Gasteiger partial charge in [-0.2, -0.15) is 0 Å². The van der Waals surface area contributed by atoms with E-state index < -0.39 is 6.09 Å². The predicted molar refractivity (Wildman–Crippen MR) is 73.1 cm³/mol. The second-order valence-corrected chi connectivity index (χ2v) is 5.04. The second kappa shape index (κ2) is 4.93. The van der Waals surface area contributed by atoms with Gasteiger partial charge in [0, 0.05) is 23.7 Å². The van der Waals surface area contributed by atoms with Crippen molar-refractivity contribution in [1.29, 1.82) is 0 Å². The average Bonchev–Trinajstić information content (AvgIpc) is 2.99. The number of amides is 1. The van der Waals surface area contributed by atoms with Crippen molar-refractivity contribution in [2.24, 2.45) is 9.39 Å². The van der Waals surface area contributed by atoms with Crippen molar-refractivity contribution in [3.05, 3.63) is 34.8 Å². The SMILES string of the molecule is O=C(O)N1CC2=C(C1)SN=C1C=NC=C1CC=CO2. The van der Waals surface area contributed by atoms with E-state index >= 15 is 0 Å². The van der Waals surface area contributed by atoms with E-state index in [1.165, 1.54) is 16.8 Å². The van der Waals surface area contributed by atoms with Gasteiger partial charge in [0.15, 0.2) is 0 Å². The molecule has 0 radical (unpaired) electrons. The highest BCUT2D eigenvalue weighted by atomic mass is 32.2. The summed E-state index contributed by atoms with van der Waals surface area (Å²) in [6.45, 7) is 0.583. The minimum absolute atomic E-state index is 0.268. The molecule has 0 saturated carbocycles. The van der Waals surface area contributed by atoms with E-state index in [0.29, 0.717) is 18.7 Å². The van der Waals surface area contributed by atoms with Crippen molar-refractivity contribution in [1.82, 2.24) is 4.90 Å². The zero-order valence-electron chi connectivity index (χ0n) is 9.94. The third-order valence-electron chi connectivity index (χ3n) is 2.91. The predicted octanol–water partition coefficient (Wildman–Crippen LogP) is 2.18. The largest absolute Gasteiger partial charge is 0.467 e. The van der Waals surface area contributed by atoms with E-state index in [1.807, 2.05) is 6.08 Å². The molecular weight excluding hydrogens is 266 g/mol. The molecule has 0 saturated heterocycles. The molecule has 0 spiro atoms. The van der Waals surface area contributed by atoms with Gasteiger partial charge in [-0.3, -0.25) is 9.89 Å². The Kier molecular flexibility index (Phi) is 3.12. The summed E-state index contributed by atoms with van der Waals surface area (Å²) in [6.07, 6.45) is 6.71. The second-order valence-electron chi connectivity index (χ2n) is 4.18. The molecule has 98 valence electrons. The molecular formula is C12H11N3O3S. The molecule has 0 atom stereocenters. The summed E-state index contributed by atoms with van der Waals surface area (Å²) >= 11 is 1.26. The Morgan fingerprint density at radius 2 is 2.37 bits per heavy atom. The number of allylic oxidation sites excluding steroid dienone is 2.